The van der Waals surface area contributed by atoms with Crippen LogP contribution in [0.4, 0.5) is 0 Å². The summed E-state index contributed by atoms with van der Waals surface area (Å²) in [4.78, 5) is 9.59. The van der Waals surface area contributed by atoms with Gasteiger partial charge in [-0.1, -0.05) is 19.3 Å². The van der Waals surface area contributed by atoms with Gasteiger partial charge in [-0.15, -0.1) is 24.0 Å². The van der Waals surface area contributed by atoms with Gasteiger partial charge in [0.2, 0.25) is 0 Å². The van der Waals surface area contributed by atoms with E-state index in [2.05, 4.69) is 38.9 Å². The van der Waals surface area contributed by atoms with E-state index in [1.54, 1.807) is 0 Å². The van der Waals surface area contributed by atoms with Gasteiger partial charge in [0.1, 0.15) is 0 Å². The molecule has 3 fully saturated rings. The lowest BCUT2D eigenvalue weighted by molar-refractivity contribution is 0.212. The number of piperidine rings is 1. The number of rotatable bonds is 3. The second-order valence-electron chi connectivity index (χ2n) is 8.02. The molecule has 1 spiro atoms. The Labute approximate surface area is 176 Å². The Morgan fingerprint density at radius 1 is 1.16 bits per heavy atom. The molecule has 0 bridgehead atoms. The normalized spacial score (nSPS) is 25.7. The summed E-state index contributed by atoms with van der Waals surface area (Å²) < 4.78 is 0.516. The number of thioether (sulfide) groups is 1. The van der Waals surface area contributed by atoms with E-state index in [1.807, 2.05) is 7.05 Å². The van der Waals surface area contributed by atoms with E-state index in [9.17, 15) is 0 Å². The maximum atomic E-state index is 4.60. The summed E-state index contributed by atoms with van der Waals surface area (Å²) in [5, 5.41) is 3.67. The minimum absolute atomic E-state index is 0. The van der Waals surface area contributed by atoms with Crippen molar-refractivity contribution in [3.63, 3.8) is 0 Å². The van der Waals surface area contributed by atoms with Crippen molar-refractivity contribution in [1.29, 1.82) is 0 Å². The van der Waals surface area contributed by atoms with E-state index in [0.29, 0.717) is 4.75 Å². The zero-order valence-electron chi connectivity index (χ0n) is 16.1. The molecule has 6 heteroatoms. The topological polar surface area (TPSA) is 30.9 Å². The number of likely N-dealkylation sites (tertiary alicyclic amines) is 1. The van der Waals surface area contributed by atoms with E-state index in [1.165, 1.54) is 76.8 Å². The van der Waals surface area contributed by atoms with Crippen LogP contribution in [0.5, 0.6) is 0 Å². The number of hydrogen-bond acceptors (Lipinski definition) is 3. The molecule has 0 aromatic heterocycles. The van der Waals surface area contributed by atoms with Crippen molar-refractivity contribution in [3.8, 4) is 0 Å². The van der Waals surface area contributed by atoms with Crippen LogP contribution in [0.3, 0.4) is 0 Å². The third-order valence-corrected chi connectivity index (χ3v) is 7.73. The number of nitrogens with one attached hydrogen (secondary N) is 1. The lowest BCUT2D eigenvalue weighted by Crippen LogP contribution is -2.53. The Hall–Kier alpha value is 0.310. The van der Waals surface area contributed by atoms with E-state index >= 15 is 0 Å². The highest BCUT2D eigenvalue weighted by Crippen LogP contribution is 2.42. The van der Waals surface area contributed by atoms with Gasteiger partial charge in [0.05, 0.1) is 0 Å². The molecule has 0 amide bonds. The van der Waals surface area contributed by atoms with Gasteiger partial charge in [0.25, 0.3) is 0 Å². The molecule has 0 radical (unpaired) electrons. The molecule has 1 aliphatic carbocycles. The van der Waals surface area contributed by atoms with Gasteiger partial charge < -0.3 is 15.1 Å². The van der Waals surface area contributed by atoms with Crippen LogP contribution in [-0.2, 0) is 0 Å². The fourth-order valence-corrected chi connectivity index (χ4v) is 6.16. The lowest BCUT2D eigenvalue weighted by Gasteiger charge is -2.45. The van der Waals surface area contributed by atoms with Crippen LogP contribution in [0.15, 0.2) is 4.99 Å². The van der Waals surface area contributed by atoms with E-state index in [0.717, 1.165) is 25.0 Å². The summed E-state index contributed by atoms with van der Waals surface area (Å²) in [5.74, 6) is 3.30. The third kappa shape index (κ3) is 6.16. The summed E-state index contributed by atoms with van der Waals surface area (Å²) in [6, 6.07) is 0. The van der Waals surface area contributed by atoms with Crippen molar-refractivity contribution in [3.05, 3.63) is 0 Å². The van der Waals surface area contributed by atoms with Crippen LogP contribution in [0, 0.1) is 5.92 Å². The smallest absolute Gasteiger partial charge is 0.193 e. The fraction of sp³-hybridized carbons (Fsp3) is 0.947. The Bertz CT molecular complexity index is 412. The average molecular weight is 481 g/mol. The zero-order chi connectivity index (χ0) is 16.8. The molecule has 25 heavy (non-hydrogen) atoms. The standard InChI is InChI=1S/C19H36N4S.HI/c1-20-18(21-11-6-17-7-12-22(2)13-8-17)23-14-15-24-19(16-23)9-4-3-5-10-19;/h17H,3-16H2,1-2H3,(H,20,21);1H. The summed E-state index contributed by atoms with van der Waals surface area (Å²) in [6.45, 7) is 5.97. The molecule has 0 aromatic carbocycles. The Kier molecular flexibility index (Phi) is 9.16. The molecule has 0 aromatic rings. The van der Waals surface area contributed by atoms with Crippen LogP contribution < -0.4 is 5.32 Å². The van der Waals surface area contributed by atoms with Gasteiger partial charge in [-0.3, -0.25) is 4.99 Å². The molecule has 4 nitrogen and oxygen atoms in total. The van der Waals surface area contributed by atoms with Crippen molar-refractivity contribution >= 4 is 41.7 Å². The van der Waals surface area contributed by atoms with Crippen molar-refractivity contribution < 1.29 is 0 Å². The molecule has 2 saturated heterocycles. The monoisotopic (exact) mass is 480 g/mol. The predicted octanol–water partition coefficient (Wildman–Crippen LogP) is 3.66. The number of halogens is 1. The summed E-state index contributed by atoms with van der Waals surface area (Å²) in [5.41, 5.74) is 0. The van der Waals surface area contributed by atoms with Crippen LogP contribution >= 0.6 is 35.7 Å². The first-order chi connectivity index (χ1) is 11.7. The first-order valence-corrected chi connectivity index (χ1v) is 11.0. The van der Waals surface area contributed by atoms with Crippen LogP contribution in [-0.4, -0.2) is 73.1 Å². The molecular weight excluding hydrogens is 443 g/mol. The molecule has 3 rings (SSSR count). The Morgan fingerprint density at radius 2 is 1.88 bits per heavy atom. The molecule has 1 saturated carbocycles. The third-order valence-electron chi connectivity index (χ3n) is 6.20. The molecule has 3 aliphatic rings. The van der Waals surface area contributed by atoms with Gasteiger partial charge in [-0.2, -0.15) is 11.8 Å². The number of hydrogen-bond donors (Lipinski definition) is 1. The minimum Gasteiger partial charge on any atom is -0.356 e. The lowest BCUT2D eigenvalue weighted by atomic mass is 9.87. The highest BCUT2D eigenvalue weighted by Gasteiger charge is 2.38. The highest BCUT2D eigenvalue weighted by molar-refractivity contribution is 14.0. The van der Waals surface area contributed by atoms with E-state index in [-0.39, 0.29) is 24.0 Å². The van der Waals surface area contributed by atoms with E-state index < -0.39 is 0 Å². The Balaban J connectivity index is 0.00000225. The number of guanidine groups is 1. The molecule has 2 aliphatic heterocycles. The largest absolute Gasteiger partial charge is 0.356 e. The minimum atomic E-state index is 0. The first kappa shape index (κ1) is 21.6. The SMILES string of the molecule is CN=C(NCCC1CCN(C)CC1)N1CCSC2(CCCCC2)C1.I. The van der Waals surface area contributed by atoms with Crippen LogP contribution in [0.1, 0.15) is 51.4 Å². The van der Waals surface area contributed by atoms with Gasteiger partial charge >= 0.3 is 0 Å². The van der Waals surface area contributed by atoms with Crippen LogP contribution in [0.25, 0.3) is 0 Å². The Morgan fingerprint density at radius 3 is 2.56 bits per heavy atom. The predicted molar refractivity (Wildman–Crippen MR) is 121 cm³/mol. The van der Waals surface area contributed by atoms with Crippen LogP contribution in [0.2, 0.25) is 0 Å². The second-order valence-corrected chi connectivity index (χ2v) is 9.59. The van der Waals surface area contributed by atoms with Crippen molar-refractivity contribution in [2.24, 2.45) is 10.9 Å². The van der Waals surface area contributed by atoms with Gasteiger partial charge in [0.15, 0.2) is 5.96 Å². The highest BCUT2D eigenvalue weighted by atomic mass is 127. The fourth-order valence-electron chi connectivity index (χ4n) is 4.60. The molecule has 1 N–H and O–H groups in total. The maximum Gasteiger partial charge on any atom is 0.193 e. The second kappa shape index (κ2) is 10.6. The number of aliphatic imine (C=N–C) groups is 1. The summed E-state index contributed by atoms with van der Waals surface area (Å²) in [6.07, 6.45) is 11.1. The molecular formula is C19H37IN4S. The maximum absolute atomic E-state index is 4.60. The molecule has 0 unspecified atom stereocenters. The number of nitrogens with zero attached hydrogens (tertiary/aromatic N) is 3. The van der Waals surface area contributed by atoms with Crippen molar-refractivity contribution in [1.82, 2.24) is 15.1 Å². The van der Waals surface area contributed by atoms with Crippen molar-refractivity contribution in [2.75, 3.05) is 52.6 Å². The van der Waals surface area contributed by atoms with Crippen molar-refractivity contribution in [2.45, 2.75) is 56.1 Å². The van der Waals surface area contributed by atoms with Gasteiger partial charge in [-0.25, -0.2) is 0 Å². The molecule has 2 heterocycles. The zero-order valence-corrected chi connectivity index (χ0v) is 19.3. The van der Waals surface area contributed by atoms with Gasteiger partial charge in [-0.05, 0) is 58.2 Å². The van der Waals surface area contributed by atoms with Gasteiger partial charge in [0, 0.05) is 37.2 Å². The molecule has 0 atom stereocenters. The van der Waals surface area contributed by atoms with E-state index in [4.69, 9.17) is 0 Å². The summed E-state index contributed by atoms with van der Waals surface area (Å²) in [7, 11) is 4.19. The first-order valence-electron chi connectivity index (χ1n) is 9.99. The molecule has 146 valence electrons. The quantitative estimate of drug-likeness (QED) is 0.380. The average Bonchev–Trinajstić information content (AvgIpc) is 2.61. The summed E-state index contributed by atoms with van der Waals surface area (Å²) >= 11 is 2.24.